The third-order valence-corrected chi connectivity index (χ3v) is 4.58. The first kappa shape index (κ1) is 17.9. The van der Waals surface area contributed by atoms with Crippen molar-refractivity contribution in [3.8, 4) is 0 Å². The first-order chi connectivity index (χ1) is 10.1. The highest BCUT2D eigenvalue weighted by molar-refractivity contribution is 7.89. The Balaban J connectivity index is 2.57. The van der Waals surface area contributed by atoms with Crippen molar-refractivity contribution in [1.29, 1.82) is 0 Å². The number of rotatable bonds is 11. The van der Waals surface area contributed by atoms with Crippen LogP contribution in [0.3, 0.4) is 0 Å². The van der Waals surface area contributed by atoms with Gasteiger partial charge in [0, 0.05) is 26.8 Å². The van der Waals surface area contributed by atoms with Crippen LogP contribution >= 0.6 is 0 Å². The maximum atomic E-state index is 12.3. The van der Waals surface area contributed by atoms with Gasteiger partial charge in [-0.05, 0) is 37.8 Å². The summed E-state index contributed by atoms with van der Waals surface area (Å²) >= 11 is 0. The van der Waals surface area contributed by atoms with Crippen molar-refractivity contribution in [3.05, 3.63) is 24.3 Å². The van der Waals surface area contributed by atoms with Crippen molar-refractivity contribution in [1.82, 2.24) is 4.72 Å². The molecule has 0 aliphatic carbocycles. The molecule has 0 aliphatic heterocycles. The van der Waals surface area contributed by atoms with Gasteiger partial charge in [-0.15, -0.1) is 0 Å². The average Bonchev–Trinajstić information content (AvgIpc) is 2.49. The Bertz CT molecular complexity index is 503. The molecule has 21 heavy (non-hydrogen) atoms. The van der Waals surface area contributed by atoms with Crippen molar-refractivity contribution >= 4 is 15.7 Å². The van der Waals surface area contributed by atoms with Crippen molar-refractivity contribution in [2.24, 2.45) is 0 Å². The van der Waals surface area contributed by atoms with E-state index in [1.54, 1.807) is 25.3 Å². The molecule has 1 aromatic rings. The highest BCUT2D eigenvalue weighted by Crippen LogP contribution is 2.20. The van der Waals surface area contributed by atoms with E-state index in [-0.39, 0.29) is 0 Å². The molecule has 0 radical (unpaired) electrons. The van der Waals surface area contributed by atoms with Crippen LogP contribution in [0.15, 0.2) is 29.2 Å². The monoisotopic (exact) mass is 314 g/mol. The fraction of sp³-hybridized carbons (Fsp3) is 0.600. The molecule has 0 fully saturated rings. The number of ether oxygens (including phenoxy) is 1. The van der Waals surface area contributed by atoms with Crippen LogP contribution in [-0.4, -0.2) is 35.2 Å². The van der Waals surface area contributed by atoms with Crippen molar-refractivity contribution in [3.63, 3.8) is 0 Å². The summed E-state index contributed by atoms with van der Waals surface area (Å²) in [5.41, 5.74) is 0.659. The van der Waals surface area contributed by atoms with Crippen molar-refractivity contribution < 1.29 is 13.2 Å². The smallest absolute Gasteiger partial charge is 0.242 e. The minimum absolute atomic E-state index is 0.315. The lowest BCUT2D eigenvalue weighted by molar-refractivity contribution is 0.192. The molecular formula is C15H26N2O3S. The fourth-order valence-corrected chi connectivity index (χ4v) is 3.20. The third kappa shape index (κ3) is 6.46. The van der Waals surface area contributed by atoms with E-state index in [0.717, 1.165) is 38.8 Å². The van der Waals surface area contributed by atoms with Crippen LogP contribution in [-0.2, 0) is 14.8 Å². The van der Waals surface area contributed by atoms with Gasteiger partial charge < -0.3 is 10.1 Å². The van der Waals surface area contributed by atoms with Gasteiger partial charge in [0.2, 0.25) is 10.0 Å². The molecule has 0 unspecified atom stereocenters. The van der Waals surface area contributed by atoms with Gasteiger partial charge >= 0.3 is 0 Å². The molecule has 0 amide bonds. The van der Waals surface area contributed by atoms with Crippen LogP contribution in [0.5, 0.6) is 0 Å². The lowest BCUT2D eigenvalue weighted by Gasteiger charge is -2.12. The van der Waals surface area contributed by atoms with Crippen LogP contribution in [0, 0.1) is 0 Å². The Hall–Kier alpha value is -1.11. The number of para-hydroxylation sites is 1. The predicted molar refractivity (Wildman–Crippen MR) is 86.1 cm³/mol. The molecule has 0 bridgehead atoms. The molecule has 0 heterocycles. The van der Waals surface area contributed by atoms with E-state index in [0.29, 0.717) is 17.1 Å². The van der Waals surface area contributed by atoms with E-state index in [2.05, 4.69) is 10.0 Å². The second-order valence-corrected chi connectivity index (χ2v) is 6.61. The average molecular weight is 314 g/mol. The third-order valence-electron chi connectivity index (χ3n) is 3.06. The molecule has 120 valence electrons. The molecule has 0 atom stereocenters. The fourth-order valence-electron chi connectivity index (χ4n) is 1.94. The molecule has 0 aliphatic rings. The molecule has 0 saturated heterocycles. The first-order valence-electron chi connectivity index (χ1n) is 7.43. The number of hydrogen-bond acceptors (Lipinski definition) is 4. The molecule has 2 N–H and O–H groups in total. The molecule has 1 rings (SSSR count). The zero-order chi connectivity index (χ0) is 15.6. The van der Waals surface area contributed by atoms with Crippen LogP contribution in [0.4, 0.5) is 5.69 Å². The van der Waals surface area contributed by atoms with Crippen LogP contribution < -0.4 is 10.0 Å². The number of methoxy groups -OCH3 is 1. The largest absolute Gasteiger partial charge is 0.385 e. The normalized spacial score (nSPS) is 11.5. The molecule has 6 heteroatoms. The number of hydrogen-bond donors (Lipinski definition) is 2. The number of nitrogens with one attached hydrogen (secondary N) is 2. The second kappa shape index (κ2) is 9.76. The lowest BCUT2D eigenvalue weighted by Crippen LogP contribution is -2.25. The van der Waals surface area contributed by atoms with Gasteiger partial charge in [-0.3, -0.25) is 0 Å². The zero-order valence-electron chi connectivity index (χ0n) is 12.9. The highest BCUT2D eigenvalue weighted by atomic mass is 32.2. The lowest BCUT2D eigenvalue weighted by atomic mass is 10.2. The summed E-state index contributed by atoms with van der Waals surface area (Å²) in [4.78, 5) is 0.315. The molecule has 0 spiro atoms. The Labute approximate surface area is 128 Å². The topological polar surface area (TPSA) is 67.4 Å². The standard InChI is InChI=1S/C15H26N2O3S/c1-3-11-16-14-9-5-6-10-15(14)21(18,19)17-12-7-4-8-13-20-2/h5-6,9-10,16-17H,3-4,7-8,11-13H2,1-2H3. The maximum Gasteiger partial charge on any atom is 0.242 e. The number of unbranched alkanes of at least 4 members (excludes halogenated alkanes) is 2. The Morgan fingerprint density at radius 3 is 2.57 bits per heavy atom. The summed E-state index contributed by atoms with van der Waals surface area (Å²) in [6, 6.07) is 7.00. The van der Waals surface area contributed by atoms with E-state index < -0.39 is 10.0 Å². The molecule has 0 saturated carbocycles. The van der Waals surface area contributed by atoms with Crippen LogP contribution in [0.25, 0.3) is 0 Å². The van der Waals surface area contributed by atoms with Crippen LogP contribution in [0.1, 0.15) is 32.6 Å². The zero-order valence-corrected chi connectivity index (χ0v) is 13.7. The molecule has 5 nitrogen and oxygen atoms in total. The summed E-state index contributed by atoms with van der Waals surface area (Å²) in [5.74, 6) is 0. The quantitative estimate of drug-likeness (QED) is 0.616. The minimum Gasteiger partial charge on any atom is -0.385 e. The summed E-state index contributed by atoms with van der Waals surface area (Å²) < 4.78 is 32.3. The van der Waals surface area contributed by atoms with E-state index in [1.807, 2.05) is 13.0 Å². The van der Waals surface area contributed by atoms with Gasteiger partial charge in [0.15, 0.2) is 0 Å². The first-order valence-corrected chi connectivity index (χ1v) is 8.91. The SMILES string of the molecule is CCCNc1ccccc1S(=O)(=O)NCCCCCOC. The number of anilines is 1. The Morgan fingerprint density at radius 2 is 1.86 bits per heavy atom. The number of sulfonamides is 1. The minimum atomic E-state index is -3.46. The Morgan fingerprint density at radius 1 is 1.10 bits per heavy atom. The maximum absolute atomic E-state index is 12.3. The van der Waals surface area contributed by atoms with Gasteiger partial charge in [-0.1, -0.05) is 19.1 Å². The van der Waals surface area contributed by atoms with E-state index in [4.69, 9.17) is 4.74 Å². The van der Waals surface area contributed by atoms with Gasteiger partial charge in [0.25, 0.3) is 0 Å². The predicted octanol–water partition coefficient (Wildman–Crippen LogP) is 2.60. The van der Waals surface area contributed by atoms with Gasteiger partial charge in [0.1, 0.15) is 4.90 Å². The summed E-state index contributed by atoms with van der Waals surface area (Å²) in [6.07, 6.45) is 3.66. The van der Waals surface area contributed by atoms with Gasteiger partial charge in [0.05, 0.1) is 5.69 Å². The molecule has 0 aromatic heterocycles. The highest BCUT2D eigenvalue weighted by Gasteiger charge is 2.17. The molecule has 1 aromatic carbocycles. The van der Waals surface area contributed by atoms with Gasteiger partial charge in [-0.2, -0.15) is 0 Å². The summed E-state index contributed by atoms with van der Waals surface area (Å²) in [5, 5.41) is 3.15. The van der Waals surface area contributed by atoms with Gasteiger partial charge in [-0.25, -0.2) is 13.1 Å². The summed E-state index contributed by atoms with van der Waals surface area (Å²) in [7, 11) is -1.79. The van der Waals surface area contributed by atoms with Crippen LogP contribution in [0.2, 0.25) is 0 Å². The van der Waals surface area contributed by atoms with E-state index >= 15 is 0 Å². The number of benzene rings is 1. The van der Waals surface area contributed by atoms with Crippen molar-refractivity contribution in [2.45, 2.75) is 37.5 Å². The van der Waals surface area contributed by atoms with E-state index in [9.17, 15) is 8.42 Å². The second-order valence-electron chi connectivity index (χ2n) is 4.87. The summed E-state index contributed by atoms with van der Waals surface area (Å²) in [6.45, 7) is 3.97. The van der Waals surface area contributed by atoms with E-state index in [1.165, 1.54) is 0 Å². The molecular weight excluding hydrogens is 288 g/mol. The van der Waals surface area contributed by atoms with Crippen molar-refractivity contribution in [2.75, 3.05) is 32.1 Å². The Kier molecular flexibility index (Phi) is 8.34.